The van der Waals surface area contributed by atoms with Crippen molar-refractivity contribution < 1.29 is 14.8 Å². The highest BCUT2D eigenvalue weighted by molar-refractivity contribution is 6.58. The predicted molar refractivity (Wildman–Crippen MR) is 133 cm³/mol. The van der Waals surface area contributed by atoms with E-state index in [1.165, 1.54) is 0 Å². The molecule has 5 rings (SSSR count). The number of hydrogen-bond donors (Lipinski definition) is 4. The van der Waals surface area contributed by atoms with Crippen molar-refractivity contribution in [2.75, 3.05) is 10.2 Å². The maximum Gasteiger partial charge on any atom is 0.488 e. The van der Waals surface area contributed by atoms with Gasteiger partial charge in [0.1, 0.15) is 5.82 Å². The fraction of sp³-hybridized carbons (Fsp3) is 0.320. The van der Waals surface area contributed by atoms with E-state index >= 15 is 0 Å². The van der Waals surface area contributed by atoms with E-state index in [0.717, 1.165) is 59.6 Å². The van der Waals surface area contributed by atoms with Crippen molar-refractivity contribution >= 4 is 35.9 Å². The smallest absolute Gasteiger partial charge is 0.423 e. The van der Waals surface area contributed by atoms with Crippen LogP contribution in [0.4, 0.5) is 17.5 Å². The average Bonchev–Trinajstić information content (AvgIpc) is 3.18. The van der Waals surface area contributed by atoms with E-state index < -0.39 is 13.0 Å². The van der Waals surface area contributed by atoms with Gasteiger partial charge in [-0.05, 0) is 67.8 Å². The minimum atomic E-state index is -1.50. The highest BCUT2D eigenvalue weighted by atomic mass is 16.4. The Morgan fingerprint density at radius 3 is 2.74 bits per heavy atom. The minimum Gasteiger partial charge on any atom is -0.423 e. The van der Waals surface area contributed by atoms with Gasteiger partial charge in [0.2, 0.25) is 11.9 Å². The summed E-state index contributed by atoms with van der Waals surface area (Å²) in [4.78, 5) is 24.0. The first kappa shape index (κ1) is 22.4. The Morgan fingerprint density at radius 2 is 1.94 bits per heavy atom. The van der Waals surface area contributed by atoms with Crippen LogP contribution in [0, 0.1) is 0 Å². The van der Waals surface area contributed by atoms with E-state index in [2.05, 4.69) is 17.1 Å². The molecule has 0 fully saturated rings. The number of benzene rings is 2. The summed E-state index contributed by atoms with van der Waals surface area (Å²) in [5, 5.41) is 22.4. The summed E-state index contributed by atoms with van der Waals surface area (Å²) in [6.07, 6.45) is 4.72. The molecule has 1 aromatic heterocycles. The molecule has 1 amide bonds. The Hall–Kier alpha value is -3.43. The molecule has 0 spiro atoms. The number of fused-ring (bicyclic) bond motifs is 2. The van der Waals surface area contributed by atoms with Gasteiger partial charge < -0.3 is 26.0 Å². The zero-order valence-electron chi connectivity index (χ0n) is 19.2. The van der Waals surface area contributed by atoms with Crippen molar-refractivity contribution in [1.29, 1.82) is 0 Å². The SMILES string of the molecule is CC1Cc2c(C(N)=O)cccc2N1c1nc2c(c(NCc3cccc(B(O)O)c3)n1)CCCC2. The van der Waals surface area contributed by atoms with Crippen molar-refractivity contribution in [3.05, 3.63) is 70.4 Å². The molecule has 0 radical (unpaired) electrons. The summed E-state index contributed by atoms with van der Waals surface area (Å²) in [5.41, 5.74) is 11.6. The van der Waals surface area contributed by atoms with Gasteiger partial charge in [0.05, 0.1) is 5.69 Å². The van der Waals surface area contributed by atoms with Crippen LogP contribution in [0.15, 0.2) is 42.5 Å². The van der Waals surface area contributed by atoms with Crippen LogP contribution < -0.4 is 21.4 Å². The van der Waals surface area contributed by atoms with E-state index in [4.69, 9.17) is 15.7 Å². The number of nitrogens with one attached hydrogen (secondary N) is 1. The molecule has 3 aromatic rings. The lowest BCUT2D eigenvalue weighted by atomic mass is 9.79. The Kier molecular flexibility index (Phi) is 5.97. The monoisotopic (exact) mass is 457 g/mol. The van der Waals surface area contributed by atoms with Crippen molar-refractivity contribution in [2.45, 2.75) is 51.6 Å². The number of nitrogens with two attached hydrogens (primary N) is 1. The Balaban J connectivity index is 1.51. The van der Waals surface area contributed by atoms with Crippen molar-refractivity contribution in [3.63, 3.8) is 0 Å². The van der Waals surface area contributed by atoms with Crippen molar-refractivity contribution in [2.24, 2.45) is 5.73 Å². The number of anilines is 3. The molecule has 0 saturated carbocycles. The van der Waals surface area contributed by atoms with Gasteiger partial charge in [-0.1, -0.05) is 30.3 Å². The van der Waals surface area contributed by atoms with Crippen LogP contribution >= 0.6 is 0 Å². The first-order chi connectivity index (χ1) is 16.4. The number of aryl methyl sites for hydroxylation is 1. The van der Waals surface area contributed by atoms with Crippen LogP contribution in [0.25, 0.3) is 0 Å². The predicted octanol–water partition coefficient (Wildman–Crippen LogP) is 1.83. The molecule has 1 aliphatic heterocycles. The minimum absolute atomic E-state index is 0.0905. The summed E-state index contributed by atoms with van der Waals surface area (Å²) in [5.74, 6) is 1.01. The number of primary amides is 1. The summed E-state index contributed by atoms with van der Waals surface area (Å²) in [6.45, 7) is 2.60. The zero-order chi connectivity index (χ0) is 23.8. The van der Waals surface area contributed by atoms with Crippen LogP contribution in [0.1, 0.15) is 52.5 Å². The normalized spacial score (nSPS) is 16.7. The standard InChI is InChI=1S/C25H28BN5O3/c1-15-12-20-18(23(27)32)9-5-11-22(20)31(15)25-29-21-10-3-2-8-19(21)24(30-25)28-14-16-6-4-7-17(13-16)26(33)34/h4-7,9,11,13,15,33-34H,2-3,8,10,12,14H2,1H3,(H2,27,32)(H,28,29,30). The van der Waals surface area contributed by atoms with Crippen LogP contribution in [0.2, 0.25) is 0 Å². The number of carbonyl (C=O) groups excluding carboxylic acids is 1. The van der Waals surface area contributed by atoms with E-state index in [-0.39, 0.29) is 6.04 Å². The second kappa shape index (κ2) is 9.08. The van der Waals surface area contributed by atoms with E-state index in [9.17, 15) is 14.8 Å². The molecule has 1 aliphatic carbocycles. The maximum absolute atomic E-state index is 12.0. The van der Waals surface area contributed by atoms with Crippen LogP contribution in [-0.2, 0) is 25.8 Å². The summed E-state index contributed by atoms with van der Waals surface area (Å²) < 4.78 is 0. The first-order valence-electron chi connectivity index (χ1n) is 11.7. The molecule has 2 aromatic carbocycles. The fourth-order valence-electron chi connectivity index (χ4n) is 5.06. The Morgan fingerprint density at radius 1 is 1.15 bits per heavy atom. The molecule has 5 N–H and O–H groups in total. The number of rotatable bonds is 6. The number of amides is 1. The van der Waals surface area contributed by atoms with E-state index in [1.807, 2.05) is 24.3 Å². The average molecular weight is 457 g/mol. The van der Waals surface area contributed by atoms with Gasteiger partial charge in [-0.15, -0.1) is 0 Å². The molecule has 1 atom stereocenters. The lowest BCUT2D eigenvalue weighted by Gasteiger charge is -2.26. The lowest BCUT2D eigenvalue weighted by Crippen LogP contribution is -2.30. The summed E-state index contributed by atoms with van der Waals surface area (Å²) in [7, 11) is -1.50. The van der Waals surface area contributed by atoms with Crippen molar-refractivity contribution in [1.82, 2.24) is 9.97 Å². The second-order valence-corrected chi connectivity index (χ2v) is 9.07. The van der Waals surface area contributed by atoms with E-state index in [0.29, 0.717) is 29.9 Å². The zero-order valence-corrected chi connectivity index (χ0v) is 19.2. The van der Waals surface area contributed by atoms with Crippen molar-refractivity contribution in [3.8, 4) is 0 Å². The Bertz CT molecular complexity index is 1250. The lowest BCUT2D eigenvalue weighted by molar-refractivity contribution is 0.0999. The van der Waals surface area contributed by atoms with Gasteiger partial charge in [0, 0.05) is 29.4 Å². The number of nitrogens with zero attached hydrogens (tertiary/aromatic N) is 3. The summed E-state index contributed by atoms with van der Waals surface area (Å²) >= 11 is 0. The van der Waals surface area contributed by atoms with Crippen LogP contribution in [-0.4, -0.2) is 39.1 Å². The summed E-state index contributed by atoms with van der Waals surface area (Å²) in [6, 6.07) is 12.9. The fourth-order valence-corrected chi connectivity index (χ4v) is 5.06. The maximum atomic E-state index is 12.0. The second-order valence-electron chi connectivity index (χ2n) is 9.07. The molecule has 1 unspecified atom stereocenters. The molecular formula is C25H28BN5O3. The topological polar surface area (TPSA) is 125 Å². The molecule has 174 valence electrons. The Labute approximate surface area is 199 Å². The van der Waals surface area contributed by atoms with Gasteiger partial charge in [0.15, 0.2) is 0 Å². The molecule has 34 heavy (non-hydrogen) atoms. The molecule has 0 saturated heterocycles. The molecule has 2 aliphatic rings. The van der Waals surface area contributed by atoms with Gasteiger partial charge in [-0.2, -0.15) is 4.98 Å². The third-order valence-corrected chi connectivity index (χ3v) is 6.71. The van der Waals surface area contributed by atoms with Gasteiger partial charge in [-0.25, -0.2) is 4.98 Å². The molecule has 8 nitrogen and oxygen atoms in total. The molecule has 2 heterocycles. The first-order valence-corrected chi connectivity index (χ1v) is 11.7. The van der Waals surface area contributed by atoms with E-state index in [1.54, 1.807) is 18.2 Å². The largest absolute Gasteiger partial charge is 0.488 e. The quantitative estimate of drug-likeness (QED) is 0.417. The highest BCUT2D eigenvalue weighted by Gasteiger charge is 2.33. The third-order valence-electron chi connectivity index (χ3n) is 6.71. The molecule has 0 bridgehead atoms. The number of carbonyl (C=O) groups is 1. The number of aromatic nitrogens is 2. The van der Waals surface area contributed by atoms with Crippen LogP contribution in [0.5, 0.6) is 0 Å². The third kappa shape index (κ3) is 4.13. The molecule has 9 heteroatoms. The van der Waals surface area contributed by atoms with Crippen LogP contribution in [0.3, 0.4) is 0 Å². The molecular weight excluding hydrogens is 429 g/mol. The van der Waals surface area contributed by atoms with Gasteiger partial charge >= 0.3 is 7.12 Å². The number of hydrogen-bond acceptors (Lipinski definition) is 7. The van der Waals surface area contributed by atoms with Gasteiger partial charge in [-0.3, -0.25) is 4.79 Å². The van der Waals surface area contributed by atoms with Gasteiger partial charge in [0.25, 0.3) is 0 Å². The highest BCUT2D eigenvalue weighted by Crippen LogP contribution is 2.40.